The molecule has 3 N–H and O–H groups in total. The second kappa shape index (κ2) is 6.19. The highest BCUT2D eigenvalue weighted by Crippen LogP contribution is 2.16. The highest BCUT2D eigenvalue weighted by molar-refractivity contribution is 5.90. The Balaban J connectivity index is 2.42. The Labute approximate surface area is 99.3 Å². The van der Waals surface area contributed by atoms with Gasteiger partial charge in [0.1, 0.15) is 12.6 Å². The van der Waals surface area contributed by atoms with Crippen molar-refractivity contribution in [1.82, 2.24) is 10.2 Å². The second-order valence-electron chi connectivity index (χ2n) is 3.86. The fourth-order valence-electron chi connectivity index (χ4n) is 1.82. The van der Waals surface area contributed by atoms with Crippen molar-refractivity contribution >= 4 is 17.7 Å². The maximum absolute atomic E-state index is 11.7. The summed E-state index contributed by atoms with van der Waals surface area (Å²) in [5, 5.41) is 2.41. The Bertz CT molecular complexity index is 319. The number of likely N-dealkylation sites (tertiary alicyclic amines) is 1. The second-order valence-corrected chi connectivity index (χ2v) is 3.86. The third kappa shape index (κ3) is 3.70. The van der Waals surface area contributed by atoms with E-state index in [2.05, 4.69) is 10.1 Å². The van der Waals surface area contributed by atoms with Crippen LogP contribution >= 0.6 is 0 Å². The van der Waals surface area contributed by atoms with Gasteiger partial charge in [-0.1, -0.05) is 0 Å². The third-order valence-corrected chi connectivity index (χ3v) is 2.61. The molecule has 7 heteroatoms. The van der Waals surface area contributed by atoms with E-state index < -0.39 is 11.9 Å². The molecule has 0 bridgehead atoms. The van der Waals surface area contributed by atoms with Crippen molar-refractivity contribution in [3.8, 4) is 0 Å². The Morgan fingerprint density at radius 2 is 2.18 bits per heavy atom. The lowest BCUT2D eigenvalue weighted by Gasteiger charge is -2.22. The number of ether oxygens (including phenoxy) is 1. The van der Waals surface area contributed by atoms with Gasteiger partial charge in [-0.05, 0) is 12.8 Å². The Hall–Kier alpha value is -1.63. The van der Waals surface area contributed by atoms with E-state index in [0.717, 1.165) is 6.42 Å². The standard InChI is InChI=1S/C10H17N3O4/c1-17-6-8(14)12-5-9(15)13-4-2-3-7(13)10(11)16/h7H,2-6H2,1H3,(H2,11,16)(H,12,14)/t7-/m0/s1. The van der Waals surface area contributed by atoms with E-state index in [1.165, 1.54) is 12.0 Å². The normalized spacial score (nSPS) is 19.1. The first-order valence-electron chi connectivity index (χ1n) is 5.40. The molecule has 0 unspecified atom stereocenters. The van der Waals surface area contributed by atoms with Gasteiger partial charge in [0.25, 0.3) is 0 Å². The molecule has 96 valence electrons. The molecule has 0 spiro atoms. The number of rotatable bonds is 5. The molecule has 1 aliphatic rings. The average Bonchev–Trinajstić information content (AvgIpc) is 2.75. The van der Waals surface area contributed by atoms with Gasteiger partial charge in [-0.2, -0.15) is 0 Å². The summed E-state index contributed by atoms with van der Waals surface area (Å²) in [6, 6.07) is -0.540. The van der Waals surface area contributed by atoms with Crippen LogP contribution in [0, 0.1) is 0 Å². The molecule has 1 aliphatic heterocycles. The van der Waals surface area contributed by atoms with Crippen LogP contribution in [0.5, 0.6) is 0 Å². The fourth-order valence-corrected chi connectivity index (χ4v) is 1.82. The van der Waals surface area contributed by atoms with Crippen molar-refractivity contribution in [2.45, 2.75) is 18.9 Å². The monoisotopic (exact) mass is 243 g/mol. The smallest absolute Gasteiger partial charge is 0.246 e. The van der Waals surface area contributed by atoms with E-state index >= 15 is 0 Å². The minimum absolute atomic E-state index is 0.0907. The molecule has 1 heterocycles. The number of nitrogens with zero attached hydrogens (tertiary/aromatic N) is 1. The zero-order valence-electron chi connectivity index (χ0n) is 9.77. The first-order valence-corrected chi connectivity index (χ1v) is 5.40. The number of primary amides is 1. The van der Waals surface area contributed by atoms with Crippen molar-refractivity contribution in [3.05, 3.63) is 0 Å². The van der Waals surface area contributed by atoms with E-state index in [0.29, 0.717) is 13.0 Å². The summed E-state index contributed by atoms with van der Waals surface area (Å²) < 4.78 is 4.61. The van der Waals surface area contributed by atoms with Crippen molar-refractivity contribution in [2.75, 3.05) is 26.8 Å². The van der Waals surface area contributed by atoms with Crippen LogP contribution in [-0.2, 0) is 19.1 Å². The average molecular weight is 243 g/mol. The number of nitrogens with two attached hydrogens (primary N) is 1. The molecule has 0 saturated carbocycles. The Morgan fingerprint density at radius 1 is 1.47 bits per heavy atom. The van der Waals surface area contributed by atoms with E-state index in [4.69, 9.17) is 5.73 Å². The lowest BCUT2D eigenvalue weighted by molar-refractivity contribution is -0.138. The Kier molecular flexibility index (Phi) is 4.89. The lowest BCUT2D eigenvalue weighted by atomic mass is 10.2. The van der Waals surface area contributed by atoms with Crippen LogP contribution in [0.2, 0.25) is 0 Å². The molecule has 7 nitrogen and oxygen atoms in total. The van der Waals surface area contributed by atoms with Crippen LogP contribution in [0.4, 0.5) is 0 Å². The number of nitrogens with one attached hydrogen (secondary N) is 1. The molecule has 0 aliphatic carbocycles. The van der Waals surface area contributed by atoms with Gasteiger partial charge in [-0.25, -0.2) is 0 Å². The quantitative estimate of drug-likeness (QED) is 0.596. The van der Waals surface area contributed by atoms with E-state index in [-0.39, 0.29) is 25.0 Å². The number of amides is 3. The third-order valence-electron chi connectivity index (χ3n) is 2.61. The number of carbonyl (C=O) groups excluding carboxylic acids is 3. The molecular formula is C10H17N3O4. The molecular weight excluding hydrogens is 226 g/mol. The van der Waals surface area contributed by atoms with Gasteiger partial charge in [0.05, 0.1) is 6.54 Å². The van der Waals surface area contributed by atoms with Gasteiger partial charge >= 0.3 is 0 Å². The first kappa shape index (κ1) is 13.4. The molecule has 17 heavy (non-hydrogen) atoms. The van der Waals surface area contributed by atoms with Gasteiger partial charge in [-0.3, -0.25) is 14.4 Å². The topological polar surface area (TPSA) is 102 Å². The van der Waals surface area contributed by atoms with Crippen molar-refractivity contribution in [1.29, 1.82) is 0 Å². The van der Waals surface area contributed by atoms with Gasteiger partial charge in [0.2, 0.25) is 17.7 Å². The summed E-state index contributed by atoms with van der Waals surface area (Å²) in [5.74, 6) is -1.16. The van der Waals surface area contributed by atoms with Crippen molar-refractivity contribution in [3.63, 3.8) is 0 Å². The van der Waals surface area contributed by atoms with Crippen LogP contribution in [0.3, 0.4) is 0 Å². The molecule has 3 amide bonds. The molecule has 1 saturated heterocycles. The minimum atomic E-state index is -0.540. The fraction of sp³-hybridized carbons (Fsp3) is 0.700. The molecule has 1 rings (SSSR count). The van der Waals surface area contributed by atoms with Gasteiger partial charge in [0, 0.05) is 13.7 Å². The molecule has 0 aromatic rings. The van der Waals surface area contributed by atoms with Gasteiger partial charge in [0.15, 0.2) is 0 Å². The van der Waals surface area contributed by atoms with Crippen LogP contribution in [0.1, 0.15) is 12.8 Å². The zero-order valence-corrected chi connectivity index (χ0v) is 9.77. The predicted octanol–water partition coefficient (Wildman–Crippen LogP) is -1.77. The summed E-state index contributed by atoms with van der Waals surface area (Å²) in [4.78, 5) is 35.3. The first-order chi connectivity index (χ1) is 8.06. The van der Waals surface area contributed by atoms with Crippen molar-refractivity contribution in [2.24, 2.45) is 5.73 Å². The minimum Gasteiger partial charge on any atom is -0.375 e. The predicted molar refractivity (Wildman–Crippen MR) is 58.8 cm³/mol. The summed E-state index contributed by atoms with van der Waals surface area (Å²) in [7, 11) is 1.39. The van der Waals surface area contributed by atoms with Crippen LogP contribution in [0.25, 0.3) is 0 Å². The van der Waals surface area contributed by atoms with E-state index in [1.54, 1.807) is 0 Å². The van der Waals surface area contributed by atoms with Crippen molar-refractivity contribution < 1.29 is 19.1 Å². The summed E-state index contributed by atoms with van der Waals surface area (Å²) in [6.45, 7) is 0.283. The summed E-state index contributed by atoms with van der Waals surface area (Å²) in [6.07, 6.45) is 1.35. The van der Waals surface area contributed by atoms with Crippen LogP contribution in [-0.4, -0.2) is 55.5 Å². The SMILES string of the molecule is COCC(=O)NCC(=O)N1CCC[C@H]1C(N)=O. The number of hydrogen-bond donors (Lipinski definition) is 2. The van der Waals surface area contributed by atoms with Crippen LogP contribution in [0.15, 0.2) is 0 Å². The summed E-state index contributed by atoms with van der Waals surface area (Å²) >= 11 is 0. The Morgan fingerprint density at radius 3 is 2.76 bits per heavy atom. The molecule has 0 aromatic carbocycles. The van der Waals surface area contributed by atoms with E-state index in [1.807, 2.05) is 0 Å². The zero-order chi connectivity index (χ0) is 12.8. The highest BCUT2D eigenvalue weighted by atomic mass is 16.5. The van der Waals surface area contributed by atoms with E-state index in [9.17, 15) is 14.4 Å². The lowest BCUT2D eigenvalue weighted by Crippen LogP contribution is -2.47. The molecule has 0 aromatic heterocycles. The van der Waals surface area contributed by atoms with Gasteiger partial charge in [-0.15, -0.1) is 0 Å². The van der Waals surface area contributed by atoms with Crippen LogP contribution < -0.4 is 11.1 Å². The molecule has 0 radical (unpaired) electrons. The number of carbonyl (C=O) groups is 3. The number of hydrogen-bond acceptors (Lipinski definition) is 4. The maximum Gasteiger partial charge on any atom is 0.246 e. The molecule has 1 fully saturated rings. The van der Waals surface area contributed by atoms with Gasteiger partial charge < -0.3 is 20.7 Å². The molecule has 1 atom stereocenters. The maximum atomic E-state index is 11.7. The summed E-state index contributed by atoms with van der Waals surface area (Å²) in [5.41, 5.74) is 5.19. The highest BCUT2D eigenvalue weighted by Gasteiger charge is 2.32. The largest absolute Gasteiger partial charge is 0.375 e. The number of methoxy groups -OCH3 is 1.